The summed E-state index contributed by atoms with van der Waals surface area (Å²) in [7, 11) is 0. The highest BCUT2D eigenvalue weighted by atomic mass is 16.5. The van der Waals surface area contributed by atoms with Crippen LogP contribution in [-0.2, 0) is 11.3 Å². The molecule has 0 bridgehead atoms. The van der Waals surface area contributed by atoms with Crippen LogP contribution in [0.25, 0.3) is 0 Å². The molecular formula is C23H28N2O3. The summed E-state index contributed by atoms with van der Waals surface area (Å²) in [5, 5.41) is 3.23. The summed E-state index contributed by atoms with van der Waals surface area (Å²) < 4.78 is 11.5. The predicted octanol–water partition coefficient (Wildman–Crippen LogP) is 3.55. The number of ether oxygens (including phenoxy) is 2. The fourth-order valence-electron chi connectivity index (χ4n) is 4.00. The van der Waals surface area contributed by atoms with E-state index in [4.69, 9.17) is 9.47 Å². The highest BCUT2D eigenvalue weighted by Gasteiger charge is 2.34. The Morgan fingerprint density at radius 1 is 1.14 bits per heavy atom. The minimum absolute atomic E-state index is 0.0404. The van der Waals surface area contributed by atoms with E-state index in [0.29, 0.717) is 5.56 Å². The molecule has 5 nitrogen and oxygen atoms in total. The topological polar surface area (TPSA) is 50.8 Å². The molecule has 5 heteroatoms. The lowest BCUT2D eigenvalue weighted by Crippen LogP contribution is -2.41. The number of benzene rings is 2. The fraction of sp³-hybridized carbons (Fsp3) is 0.435. The zero-order valence-corrected chi connectivity index (χ0v) is 16.6. The maximum Gasteiger partial charge on any atom is 0.251 e. The van der Waals surface area contributed by atoms with Gasteiger partial charge in [0, 0.05) is 37.2 Å². The predicted molar refractivity (Wildman–Crippen MR) is 109 cm³/mol. The first kappa shape index (κ1) is 19.0. The van der Waals surface area contributed by atoms with Gasteiger partial charge < -0.3 is 14.8 Å². The van der Waals surface area contributed by atoms with Crippen LogP contribution < -0.4 is 10.1 Å². The van der Waals surface area contributed by atoms with E-state index < -0.39 is 0 Å². The van der Waals surface area contributed by atoms with Gasteiger partial charge in [-0.3, -0.25) is 9.69 Å². The third-order valence-corrected chi connectivity index (χ3v) is 5.38. The van der Waals surface area contributed by atoms with Crippen molar-refractivity contribution in [2.24, 2.45) is 0 Å². The second kappa shape index (κ2) is 7.94. The molecule has 28 heavy (non-hydrogen) atoms. The molecule has 0 aliphatic carbocycles. The molecule has 0 radical (unpaired) electrons. The van der Waals surface area contributed by atoms with Crippen molar-refractivity contribution >= 4 is 5.91 Å². The summed E-state index contributed by atoms with van der Waals surface area (Å²) in [6.45, 7) is 8.39. The maximum atomic E-state index is 13.0. The molecular weight excluding hydrogens is 352 g/mol. The van der Waals surface area contributed by atoms with Crippen molar-refractivity contribution in [3.63, 3.8) is 0 Å². The lowest BCUT2D eigenvalue weighted by Gasteiger charge is -2.37. The molecule has 2 aromatic rings. The van der Waals surface area contributed by atoms with E-state index in [9.17, 15) is 4.79 Å². The van der Waals surface area contributed by atoms with Crippen molar-refractivity contribution < 1.29 is 14.3 Å². The van der Waals surface area contributed by atoms with Crippen LogP contribution in [0.2, 0.25) is 0 Å². The third-order valence-electron chi connectivity index (χ3n) is 5.38. The molecule has 2 aliphatic heterocycles. The first-order valence-corrected chi connectivity index (χ1v) is 9.98. The summed E-state index contributed by atoms with van der Waals surface area (Å²) >= 11 is 0. The van der Waals surface area contributed by atoms with Gasteiger partial charge in [0.05, 0.1) is 19.3 Å². The number of para-hydroxylation sites is 1. The average Bonchev–Trinajstić information content (AvgIpc) is 2.68. The second-order valence-corrected chi connectivity index (χ2v) is 8.22. The van der Waals surface area contributed by atoms with E-state index in [1.54, 1.807) is 0 Å². The van der Waals surface area contributed by atoms with Gasteiger partial charge in [-0.25, -0.2) is 0 Å². The van der Waals surface area contributed by atoms with E-state index in [1.807, 2.05) is 42.5 Å². The Labute approximate surface area is 166 Å². The summed E-state index contributed by atoms with van der Waals surface area (Å²) in [4.78, 5) is 15.4. The van der Waals surface area contributed by atoms with Gasteiger partial charge in [0.15, 0.2) is 0 Å². The lowest BCUT2D eigenvalue weighted by atomic mass is 9.89. The number of hydrogen-bond acceptors (Lipinski definition) is 4. The molecule has 1 amide bonds. The number of nitrogens with zero attached hydrogens (tertiary/aromatic N) is 1. The van der Waals surface area contributed by atoms with Crippen molar-refractivity contribution in [3.05, 3.63) is 65.2 Å². The minimum Gasteiger partial charge on any atom is -0.487 e. The zero-order valence-electron chi connectivity index (χ0n) is 16.6. The fourth-order valence-corrected chi connectivity index (χ4v) is 4.00. The molecule has 1 atom stereocenters. The van der Waals surface area contributed by atoms with Crippen molar-refractivity contribution in [3.8, 4) is 5.75 Å². The molecule has 0 aromatic heterocycles. The van der Waals surface area contributed by atoms with Crippen molar-refractivity contribution in [1.82, 2.24) is 10.2 Å². The number of amides is 1. The van der Waals surface area contributed by atoms with Gasteiger partial charge in [-0.2, -0.15) is 0 Å². The number of morpholine rings is 1. The van der Waals surface area contributed by atoms with Crippen molar-refractivity contribution in [2.45, 2.75) is 38.5 Å². The molecule has 148 valence electrons. The van der Waals surface area contributed by atoms with E-state index in [-0.39, 0.29) is 17.6 Å². The van der Waals surface area contributed by atoms with Crippen molar-refractivity contribution in [2.75, 3.05) is 26.3 Å². The molecule has 2 aliphatic rings. The molecule has 4 rings (SSSR count). The largest absolute Gasteiger partial charge is 0.487 e. The van der Waals surface area contributed by atoms with E-state index >= 15 is 0 Å². The van der Waals surface area contributed by atoms with Crippen LogP contribution in [-0.4, -0.2) is 42.7 Å². The monoisotopic (exact) mass is 380 g/mol. The van der Waals surface area contributed by atoms with Gasteiger partial charge in [-0.1, -0.05) is 30.3 Å². The van der Waals surface area contributed by atoms with E-state index in [1.165, 1.54) is 0 Å². The number of rotatable bonds is 4. The van der Waals surface area contributed by atoms with E-state index in [2.05, 4.69) is 30.1 Å². The van der Waals surface area contributed by atoms with Crippen molar-refractivity contribution in [1.29, 1.82) is 0 Å². The minimum atomic E-state index is -0.315. The van der Waals surface area contributed by atoms with E-state index in [0.717, 1.165) is 56.1 Å². The lowest BCUT2D eigenvalue weighted by molar-refractivity contribution is 0.0341. The molecule has 2 heterocycles. The maximum absolute atomic E-state index is 13.0. The summed E-state index contributed by atoms with van der Waals surface area (Å²) in [6.07, 6.45) is 0.739. The second-order valence-electron chi connectivity index (χ2n) is 8.22. The van der Waals surface area contributed by atoms with Gasteiger partial charge >= 0.3 is 0 Å². The molecule has 0 unspecified atom stereocenters. The van der Waals surface area contributed by atoms with Crippen LogP contribution in [0.4, 0.5) is 0 Å². The first-order chi connectivity index (χ1) is 13.5. The molecule has 2 aromatic carbocycles. The standard InChI is InChI=1S/C23H28N2O3/c1-23(2)15-20(19-8-3-4-9-21(19)28-23)24-22(26)18-7-5-6-17(14-18)16-25-10-12-27-13-11-25/h3-9,14,20H,10-13,15-16H2,1-2H3,(H,24,26)/t20-/m0/s1. The van der Waals surface area contributed by atoms with Crippen LogP contribution in [0.5, 0.6) is 5.75 Å². The Balaban J connectivity index is 1.48. The SMILES string of the molecule is CC1(C)C[C@H](NC(=O)c2cccc(CN3CCOCC3)c2)c2ccccc2O1. The Hall–Kier alpha value is -2.37. The van der Waals surface area contributed by atoms with Crippen LogP contribution in [0.3, 0.4) is 0 Å². The van der Waals surface area contributed by atoms with Crippen LogP contribution >= 0.6 is 0 Å². The van der Waals surface area contributed by atoms with Gasteiger partial charge in [0.25, 0.3) is 5.91 Å². The van der Waals surface area contributed by atoms with Crippen LogP contribution in [0.15, 0.2) is 48.5 Å². The molecule has 0 spiro atoms. The smallest absolute Gasteiger partial charge is 0.251 e. The molecule has 1 N–H and O–H groups in total. The normalized spacial score (nSPS) is 21.4. The number of carbonyl (C=O) groups is 1. The number of hydrogen-bond donors (Lipinski definition) is 1. The van der Waals surface area contributed by atoms with Gasteiger partial charge in [0.1, 0.15) is 11.4 Å². The molecule has 1 saturated heterocycles. The first-order valence-electron chi connectivity index (χ1n) is 9.98. The van der Waals surface area contributed by atoms with Gasteiger partial charge in [0.2, 0.25) is 0 Å². The van der Waals surface area contributed by atoms with Gasteiger partial charge in [-0.05, 0) is 37.6 Å². The number of fused-ring (bicyclic) bond motifs is 1. The van der Waals surface area contributed by atoms with Crippen LogP contribution in [0, 0.1) is 0 Å². The Morgan fingerprint density at radius 3 is 2.75 bits per heavy atom. The van der Waals surface area contributed by atoms with Gasteiger partial charge in [-0.15, -0.1) is 0 Å². The number of carbonyl (C=O) groups excluding carboxylic acids is 1. The highest BCUT2D eigenvalue weighted by Crippen LogP contribution is 2.39. The quantitative estimate of drug-likeness (QED) is 0.881. The highest BCUT2D eigenvalue weighted by molar-refractivity contribution is 5.94. The average molecular weight is 380 g/mol. The summed E-state index contributed by atoms with van der Waals surface area (Å²) in [5.41, 5.74) is 2.58. The molecule has 1 fully saturated rings. The summed E-state index contributed by atoms with van der Waals surface area (Å²) in [6, 6.07) is 15.8. The number of nitrogens with one attached hydrogen (secondary N) is 1. The molecule has 0 saturated carbocycles. The summed E-state index contributed by atoms with van der Waals surface area (Å²) in [5.74, 6) is 0.812. The Morgan fingerprint density at radius 2 is 1.93 bits per heavy atom. The van der Waals surface area contributed by atoms with Crippen LogP contribution in [0.1, 0.15) is 47.8 Å². The Kier molecular flexibility index (Phi) is 5.38. The zero-order chi connectivity index (χ0) is 19.6. The Bertz CT molecular complexity index is 843. The third kappa shape index (κ3) is 4.37.